The third-order valence-corrected chi connectivity index (χ3v) is 7.74. The van der Waals surface area contributed by atoms with Crippen LogP contribution in [0.15, 0.2) is 140 Å². The fraction of sp³-hybridized carbons (Fsp3) is 0. The van der Waals surface area contributed by atoms with E-state index >= 15 is 0 Å². The van der Waals surface area contributed by atoms with Crippen molar-refractivity contribution in [3.63, 3.8) is 0 Å². The first-order valence-corrected chi connectivity index (χ1v) is 13.0. The number of rotatable bonds is 3. The molecule has 2 nitrogen and oxygen atoms in total. The third-order valence-electron chi connectivity index (χ3n) is 7.74. The highest BCUT2D eigenvalue weighted by Gasteiger charge is 2.19. The number of hydrogen-bond acceptors (Lipinski definition) is 0. The lowest BCUT2D eigenvalue weighted by Gasteiger charge is -2.16. The van der Waals surface area contributed by atoms with Crippen molar-refractivity contribution in [2.75, 3.05) is 0 Å². The van der Waals surface area contributed by atoms with Gasteiger partial charge in [0.05, 0.1) is 22.2 Å². The van der Waals surface area contributed by atoms with Gasteiger partial charge in [-0.1, -0.05) is 109 Å². The van der Waals surface area contributed by atoms with Crippen LogP contribution in [0.3, 0.4) is 0 Å². The third kappa shape index (κ3) is 3.07. The Balaban J connectivity index is 1.49. The van der Waals surface area contributed by atoms with Crippen molar-refractivity contribution in [1.82, 2.24) is 9.55 Å². The predicted octanol–water partition coefficient (Wildman–Crippen LogP) is 9.75. The van der Waals surface area contributed by atoms with Gasteiger partial charge in [0.2, 0.25) is 0 Å². The molecule has 1 N–H and O–H groups in total. The molecule has 38 heavy (non-hydrogen) atoms. The summed E-state index contributed by atoms with van der Waals surface area (Å²) in [5, 5.41) is 5.04. The SMILES string of the molecule is c1ccc(-c2ccc(-n3c4ccccc4c4c5[nH]c6ccccc6c5ccc43)c(-c3ccccc3)c2)cc1. The number of H-pyrrole nitrogens is 1. The lowest BCUT2D eigenvalue weighted by atomic mass is 9.97. The Kier molecular flexibility index (Phi) is 4.55. The van der Waals surface area contributed by atoms with Crippen LogP contribution >= 0.6 is 0 Å². The molecule has 8 aromatic rings. The Morgan fingerprint density at radius 1 is 0.447 bits per heavy atom. The number of aromatic nitrogens is 2. The average Bonchev–Trinajstić information content (AvgIpc) is 3.53. The summed E-state index contributed by atoms with van der Waals surface area (Å²) in [4.78, 5) is 3.74. The summed E-state index contributed by atoms with van der Waals surface area (Å²) in [6.45, 7) is 0. The predicted molar refractivity (Wildman–Crippen MR) is 161 cm³/mol. The van der Waals surface area contributed by atoms with Crippen molar-refractivity contribution in [3.8, 4) is 27.9 Å². The molecule has 0 aliphatic heterocycles. The number of hydrogen-bond donors (Lipinski definition) is 1. The van der Waals surface area contributed by atoms with Crippen LogP contribution in [0.5, 0.6) is 0 Å². The quantitative estimate of drug-likeness (QED) is 0.258. The largest absolute Gasteiger partial charge is 0.354 e. The van der Waals surface area contributed by atoms with E-state index in [2.05, 4.69) is 149 Å². The molecule has 0 unspecified atom stereocenters. The number of aromatic amines is 1. The van der Waals surface area contributed by atoms with Gasteiger partial charge >= 0.3 is 0 Å². The van der Waals surface area contributed by atoms with Crippen LogP contribution in [0.25, 0.3) is 71.6 Å². The molecular weight excluding hydrogens is 460 g/mol. The summed E-state index contributed by atoms with van der Waals surface area (Å²) < 4.78 is 2.44. The van der Waals surface area contributed by atoms with Gasteiger partial charge in [0, 0.05) is 32.6 Å². The highest BCUT2D eigenvalue weighted by molar-refractivity contribution is 6.25. The molecule has 0 saturated carbocycles. The summed E-state index contributed by atoms with van der Waals surface area (Å²) in [7, 11) is 0. The molecule has 0 atom stereocenters. The zero-order valence-corrected chi connectivity index (χ0v) is 20.7. The van der Waals surface area contributed by atoms with E-state index in [9.17, 15) is 0 Å². The zero-order valence-electron chi connectivity index (χ0n) is 20.7. The summed E-state index contributed by atoms with van der Waals surface area (Å²) in [6, 6.07) is 50.1. The lowest BCUT2D eigenvalue weighted by molar-refractivity contribution is 1.18. The van der Waals surface area contributed by atoms with Crippen molar-refractivity contribution in [3.05, 3.63) is 140 Å². The Morgan fingerprint density at radius 3 is 1.95 bits per heavy atom. The van der Waals surface area contributed by atoms with Crippen molar-refractivity contribution in [1.29, 1.82) is 0 Å². The monoisotopic (exact) mass is 484 g/mol. The number of para-hydroxylation sites is 2. The van der Waals surface area contributed by atoms with Crippen LogP contribution in [0.2, 0.25) is 0 Å². The van der Waals surface area contributed by atoms with E-state index in [-0.39, 0.29) is 0 Å². The Labute approximate surface area is 220 Å². The van der Waals surface area contributed by atoms with E-state index in [0.29, 0.717) is 0 Å². The zero-order chi connectivity index (χ0) is 25.1. The smallest absolute Gasteiger partial charge is 0.0566 e. The molecule has 0 aliphatic carbocycles. The molecule has 8 rings (SSSR count). The fourth-order valence-corrected chi connectivity index (χ4v) is 6.03. The standard InChI is InChI=1S/C36H24N2/c1-3-11-24(12-4-1)26-19-21-33(30(23-26)25-13-5-2-6-14-25)38-32-18-10-8-16-29(32)35-34(38)22-20-28-27-15-7-9-17-31(27)37-36(28)35/h1-23,37H. The first-order valence-electron chi connectivity index (χ1n) is 13.0. The fourth-order valence-electron chi connectivity index (χ4n) is 6.03. The minimum atomic E-state index is 1.17. The van der Waals surface area contributed by atoms with Crippen LogP contribution in [0.4, 0.5) is 0 Å². The Morgan fingerprint density at radius 2 is 1.13 bits per heavy atom. The normalized spacial score (nSPS) is 11.7. The van der Waals surface area contributed by atoms with Gasteiger partial charge in [-0.25, -0.2) is 0 Å². The van der Waals surface area contributed by atoms with Gasteiger partial charge < -0.3 is 9.55 Å². The first kappa shape index (κ1) is 21.0. The molecule has 0 radical (unpaired) electrons. The van der Waals surface area contributed by atoms with Gasteiger partial charge in [0.1, 0.15) is 0 Å². The topological polar surface area (TPSA) is 20.7 Å². The minimum Gasteiger partial charge on any atom is -0.354 e. The summed E-state index contributed by atoms with van der Waals surface area (Å²) in [6.07, 6.45) is 0. The molecule has 2 aromatic heterocycles. The lowest BCUT2D eigenvalue weighted by Crippen LogP contribution is -1.98. The second-order valence-electron chi connectivity index (χ2n) is 9.87. The van der Waals surface area contributed by atoms with Crippen LogP contribution in [0, 0.1) is 0 Å². The van der Waals surface area contributed by atoms with Crippen molar-refractivity contribution >= 4 is 43.6 Å². The molecular formula is C36H24N2. The molecule has 0 aliphatic rings. The van der Waals surface area contributed by atoms with Gasteiger partial charge in [0.15, 0.2) is 0 Å². The van der Waals surface area contributed by atoms with Gasteiger partial charge in [-0.15, -0.1) is 0 Å². The van der Waals surface area contributed by atoms with Crippen LogP contribution < -0.4 is 0 Å². The van der Waals surface area contributed by atoms with Crippen LogP contribution in [-0.4, -0.2) is 9.55 Å². The number of nitrogens with zero attached hydrogens (tertiary/aromatic N) is 1. The second kappa shape index (κ2) is 8.22. The van der Waals surface area contributed by atoms with Crippen molar-refractivity contribution in [2.24, 2.45) is 0 Å². The van der Waals surface area contributed by atoms with Gasteiger partial charge in [-0.3, -0.25) is 0 Å². The summed E-state index contributed by atoms with van der Waals surface area (Å²) >= 11 is 0. The second-order valence-corrected chi connectivity index (χ2v) is 9.87. The van der Waals surface area contributed by atoms with Gasteiger partial charge in [-0.2, -0.15) is 0 Å². The van der Waals surface area contributed by atoms with Gasteiger partial charge in [-0.05, 0) is 47.0 Å². The minimum absolute atomic E-state index is 1.17. The highest BCUT2D eigenvalue weighted by atomic mass is 15.0. The average molecular weight is 485 g/mol. The van der Waals surface area contributed by atoms with E-state index in [1.165, 1.54) is 71.6 Å². The number of benzene rings is 6. The van der Waals surface area contributed by atoms with E-state index in [1.54, 1.807) is 0 Å². The van der Waals surface area contributed by atoms with Crippen LogP contribution in [0.1, 0.15) is 0 Å². The summed E-state index contributed by atoms with van der Waals surface area (Å²) in [5.41, 5.74) is 10.8. The number of nitrogens with one attached hydrogen (secondary N) is 1. The Hall–Kier alpha value is -5.08. The Bertz CT molecular complexity index is 2110. The molecule has 0 saturated heterocycles. The maximum absolute atomic E-state index is 3.74. The van der Waals surface area contributed by atoms with Crippen LogP contribution in [-0.2, 0) is 0 Å². The molecule has 0 fully saturated rings. The maximum Gasteiger partial charge on any atom is 0.0566 e. The van der Waals surface area contributed by atoms with Gasteiger partial charge in [0.25, 0.3) is 0 Å². The highest BCUT2D eigenvalue weighted by Crippen LogP contribution is 2.41. The van der Waals surface area contributed by atoms with E-state index in [4.69, 9.17) is 0 Å². The molecule has 2 heterocycles. The van der Waals surface area contributed by atoms with E-state index in [0.717, 1.165) is 0 Å². The molecule has 178 valence electrons. The molecule has 0 spiro atoms. The molecule has 0 bridgehead atoms. The van der Waals surface area contributed by atoms with E-state index < -0.39 is 0 Å². The first-order chi connectivity index (χ1) is 18.9. The molecule has 2 heteroatoms. The van der Waals surface area contributed by atoms with Crippen molar-refractivity contribution < 1.29 is 0 Å². The number of fused-ring (bicyclic) bond motifs is 7. The molecule has 6 aromatic carbocycles. The summed E-state index contributed by atoms with van der Waals surface area (Å²) in [5.74, 6) is 0. The molecule has 0 amide bonds. The van der Waals surface area contributed by atoms with Crippen molar-refractivity contribution in [2.45, 2.75) is 0 Å². The maximum atomic E-state index is 3.74. The van der Waals surface area contributed by atoms with E-state index in [1.807, 2.05) is 0 Å².